The van der Waals surface area contributed by atoms with Crippen LogP contribution >= 0.6 is 0 Å². The Morgan fingerprint density at radius 2 is 2.19 bits per heavy atom. The van der Waals surface area contributed by atoms with Crippen LogP contribution in [0.25, 0.3) is 0 Å². The van der Waals surface area contributed by atoms with Gasteiger partial charge in [0.2, 0.25) is 0 Å². The molecule has 1 fully saturated rings. The molecule has 0 unspecified atom stereocenters. The van der Waals surface area contributed by atoms with Gasteiger partial charge >= 0.3 is 0 Å². The van der Waals surface area contributed by atoms with Crippen LogP contribution < -0.4 is 0 Å². The summed E-state index contributed by atoms with van der Waals surface area (Å²) in [6, 6.07) is 4.73. The van der Waals surface area contributed by atoms with Gasteiger partial charge in [-0.15, -0.1) is 0 Å². The molecule has 1 aliphatic carbocycles. The van der Waals surface area contributed by atoms with Crippen molar-refractivity contribution in [3.63, 3.8) is 0 Å². The fourth-order valence-electron chi connectivity index (χ4n) is 2.52. The van der Waals surface area contributed by atoms with Crippen molar-refractivity contribution >= 4 is 11.6 Å². The van der Waals surface area contributed by atoms with Crippen molar-refractivity contribution in [2.75, 3.05) is 13.2 Å². The molecule has 0 bridgehead atoms. The van der Waals surface area contributed by atoms with Crippen LogP contribution in [-0.2, 0) is 0 Å². The molecule has 1 saturated carbocycles. The first-order chi connectivity index (χ1) is 10.0. The lowest BCUT2D eigenvalue weighted by Crippen LogP contribution is -2.45. The highest BCUT2D eigenvalue weighted by atomic mass is 16.6. The van der Waals surface area contributed by atoms with Crippen LogP contribution in [0.15, 0.2) is 18.2 Å². The summed E-state index contributed by atoms with van der Waals surface area (Å²) in [5, 5.41) is 20.1. The number of amides is 1. The number of nitro benzene ring substituents is 1. The lowest BCUT2D eigenvalue weighted by Gasteiger charge is -2.37. The van der Waals surface area contributed by atoms with Crippen LogP contribution in [-0.4, -0.2) is 40.0 Å². The molecule has 0 saturated heterocycles. The van der Waals surface area contributed by atoms with Crippen LogP contribution in [0.5, 0.6) is 0 Å². The number of aryl methyl sites for hydroxylation is 1. The van der Waals surface area contributed by atoms with Crippen LogP contribution in [0, 0.1) is 17.0 Å². The van der Waals surface area contributed by atoms with Gasteiger partial charge in [-0.2, -0.15) is 0 Å². The van der Waals surface area contributed by atoms with E-state index in [1.54, 1.807) is 17.0 Å². The molecule has 0 radical (unpaired) electrons. The van der Waals surface area contributed by atoms with Gasteiger partial charge in [-0.3, -0.25) is 14.9 Å². The monoisotopic (exact) mass is 292 g/mol. The maximum Gasteiger partial charge on any atom is 0.282 e. The smallest absolute Gasteiger partial charge is 0.282 e. The second-order valence-electron chi connectivity index (χ2n) is 5.44. The molecular formula is C15H20N2O4. The summed E-state index contributed by atoms with van der Waals surface area (Å²) in [5.74, 6) is -0.302. The van der Waals surface area contributed by atoms with Gasteiger partial charge in [0.15, 0.2) is 0 Å². The highest BCUT2D eigenvalue weighted by Crippen LogP contribution is 2.29. The van der Waals surface area contributed by atoms with E-state index in [0.29, 0.717) is 13.0 Å². The zero-order chi connectivity index (χ0) is 15.4. The van der Waals surface area contributed by atoms with E-state index in [1.807, 2.05) is 6.92 Å². The summed E-state index contributed by atoms with van der Waals surface area (Å²) in [4.78, 5) is 25.0. The van der Waals surface area contributed by atoms with Crippen molar-refractivity contribution in [1.82, 2.24) is 4.90 Å². The SMILES string of the molecule is Cc1ccc([N+](=O)[O-])c(C(=O)N(CCCO)C2CCC2)c1. The number of carbonyl (C=O) groups is 1. The average Bonchev–Trinajstić information content (AvgIpc) is 2.40. The van der Waals surface area contributed by atoms with Crippen molar-refractivity contribution < 1.29 is 14.8 Å². The van der Waals surface area contributed by atoms with Crippen molar-refractivity contribution in [2.45, 2.75) is 38.6 Å². The molecule has 0 aliphatic heterocycles. The number of nitrogens with zero attached hydrogens (tertiary/aromatic N) is 2. The van der Waals surface area contributed by atoms with Crippen LogP contribution in [0.1, 0.15) is 41.6 Å². The summed E-state index contributed by atoms with van der Waals surface area (Å²) in [6.45, 7) is 2.25. The molecule has 0 heterocycles. The standard InChI is InChI=1S/C15H20N2O4/c1-11-6-7-14(17(20)21)13(10-11)15(19)16(8-3-9-18)12-4-2-5-12/h6-7,10,12,18H,2-5,8-9H2,1H3. The Morgan fingerprint density at radius 1 is 1.48 bits per heavy atom. The number of hydrogen-bond donors (Lipinski definition) is 1. The highest BCUT2D eigenvalue weighted by molar-refractivity contribution is 5.98. The number of aliphatic hydroxyl groups is 1. The molecule has 1 N–H and O–H groups in total. The van der Waals surface area contributed by atoms with E-state index in [4.69, 9.17) is 5.11 Å². The van der Waals surface area contributed by atoms with Crippen LogP contribution in [0.3, 0.4) is 0 Å². The van der Waals surface area contributed by atoms with E-state index in [9.17, 15) is 14.9 Å². The maximum absolute atomic E-state index is 12.7. The average molecular weight is 292 g/mol. The minimum absolute atomic E-state index is 0.00636. The first-order valence-electron chi connectivity index (χ1n) is 7.21. The zero-order valence-corrected chi connectivity index (χ0v) is 12.1. The quantitative estimate of drug-likeness (QED) is 0.644. The number of carbonyl (C=O) groups excluding carboxylic acids is 1. The predicted octanol–water partition coefficient (Wildman–Crippen LogP) is 2.28. The normalized spacial score (nSPS) is 14.6. The molecule has 1 aromatic carbocycles. The van der Waals surface area contributed by atoms with Crippen molar-refractivity contribution in [2.24, 2.45) is 0 Å². The Morgan fingerprint density at radius 3 is 2.71 bits per heavy atom. The molecule has 0 atom stereocenters. The molecule has 1 aliphatic rings. The summed E-state index contributed by atoms with van der Waals surface area (Å²) >= 11 is 0. The second kappa shape index (κ2) is 6.67. The Bertz CT molecular complexity index is 540. The van der Waals surface area contributed by atoms with E-state index < -0.39 is 4.92 Å². The number of hydrogen-bond acceptors (Lipinski definition) is 4. The summed E-state index contributed by atoms with van der Waals surface area (Å²) in [6.07, 6.45) is 3.42. The fourth-order valence-corrected chi connectivity index (χ4v) is 2.52. The van der Waals surface area contributed by atoms with E-state index in [2.05, 4.69) is 0 Å². The summed E-state index contributed by atoms with van der Waals surface area (Å²) in [7, 11) is 0. The van der Waals surface area contributed by atoms with Gasteiger partial charge in [0, 0.05) is 25.3 Å². The molecule has 6 nitrogen and oxygen atoms in total. The predicted molar refractivity (Wildman–Crippen MR) is 78.2 cm³/mol. The lowest BCUT2D eigenvalue weighted by molar-refractivity contribution is -0.385. The lowest BCUT2D eigenvalue weighted by atomic mass is 9.90. The van der Waals surface area contributed by atoms with Crippen LogP contribution in [0.2, 0.25) is 0 Å². The topological polar surface area (TPSA) is 83.7 Å². The number of aliphatic hydroxyl groups excluding tert-OH is 1. The van der Waals surface area contributed by atoms with Gasteiger partial charge in [0.05, 0.1) is 4.92 Å². The third kappa shape index (κ3) is 3.39. The third-order valence-corrected chi connectivity index (χ3v) is 3.91. The molecule has 2 rings (SSSR count). The fraction of sp³-hybridized carbons (Fsp3) is 0.533. The van der Waals surface area contributed by atoms with Crippen molar-refractivity contribution in [3.05, 3.63) is 39.4 Å². The molecule has 1 amide bonds. The van der Waals surface area contributed by atoms with E-state index in [-0.39, 0.29) is 29.8 Å². The van der Waals surface area contributed by atoms with Crippen molar-refractivity contribution in [3.8, 4) is 0 Å². The third-order valence-electron chi connectivity index (χ3n) is 3.91. The molecule has 21 heavy (non-hydrogen) atoms. The molecule has 1 aromatic rings. The molecule has 0 spiro atoms. The maximum atomic E-state index is 12.7. The largest absolute Gasteiger partial charge is 0.396 e. The zero-order valence-electron chi connectivity index (χ0n) is 12.1. The first kappa shape index (κ1) is 15.4. The van der Waals surface area contributed by atoms with Gasteiger partial charge in [-0.25, -0.2) is 0 Å². The molecule has 114 valence electrons. The molecular weight excluding hydrogens is 272 g/mol. The number of rotatable bonds is 6. The van der Waals surface area contributed by atoms with Gasteiger partial charge in [-0.05, 0) is 44.2 Å². The first-order valence-corrected chi connectivity index (χ1v) is 7.21. The van der Waals surface area contributed by atoms with E-state index >= 15 is 0 Å². The second-order valence-corrected chi connectivity index (χ2v) is 5.44. The van der Waals surface area contributed by atoms with Gasteiger partial charge < -0.3 is 10.0 Å². The Balaban J connectivity index is 2.30. The minimum Gasteiger partial charge on any atom is -0.396 e. The van der Waals surface area contributed by atoms with Gasteiger partial charge in [0.25, 0.3) is 11.6 Å². The summed E-state index contributed by atoms with van der Waals surface area (Å²) in [5.41, 5.74) is 0.809. The Hall–Kier alpha value is -1.95. The Labute approximate surface area is 123 Å². The van der Waals surface area contributed by atoms with Crippen molar-refractivity contribution in [1.29, 1.82) is 0 Å². The minimum atomic E-state index is -0.516. The Kier molecular flexibility index (Phi) is 4.90. The molecule has 6 heteroatoms. The number of benzene rings is 1. The summed E-state index contributed by atoms with van der Waals surface area (Å²) < 4.78 is 0. The van der Waals surface area contributed by atoms with Gasteiger partial charge in [0.1, 0.15) is 5.56 Å². The highest BCUT2D eigenvalue weighted by Gasteiger charge is 2.32. The number of nitro groups is 1. The van der Waals surface area contributed by atoms with E-state index in [0.717, 1.165) is 24.8 Å². The molecule has 0 aromatic heterocycles. The van der Waals surface area contributed by atoms with Crippen LogP contribution in [0.4, 0.5) is 5.69 Å². The van der Waals surface area contributed by atoms with E-state index in [1.165, 1.54) is 6.07 Å². The van der Waals surface area contributed by atoms with Gasteiger partial charge in [-0.1, -0.05) is 6.07 Å².